The fourth-order valence-corrected chi connectivity index (χ4v) is 1.95. The molecule has 0 bridgehead atoms. The van der Waals surface area contributed by atoms with E-state index in [1.54, 1.807) is 6.07 Å². The maximum Gasteiger partial charge on any atom is 0.167 e. The molecule has 0 saturated heterocycles. The minimum absolute atomic E-state index is 0.216. The third-order valence-electron chi connectivity index (χ3n) is 2.84. The van der Waals surface area contributed by atoms with Gasteiger partial charge in [-0.2, -0.15) is 0 Å². The molecule has 17 heavy (non-hydrogen) atoms. The first kappa shape index (κ1) is 12.2. The van der Waals surface area contributed by atoms with Crippen LogP contribution in [-0.4, -0.2) is 19.8 Å². The second-order valence-corrected chi connectivity index (χ2v) is 4.15. The van der Waals surface area contributed by atoms with Gasteiger partial charge in [-0.05, 0) is 37.9 Å². The summed E-state index contributed by atoms with van der Waals surface area (Å²) < 4.78 is 24.9. The number of nitrogens with two attached hydrogens (primary N) is 1. The van der Waals surface area contributed by atoms with Gasteiger partial charge in [0.1, 0.15) is 5.82 Å². The van der Waals surface area contributed by atoms with Gasteiger partial charge >= 0.3 is 0 Å². The first-order chi connectivity index (χ1) is 8.33. The molecule has 0 aromatic heterocycles. The van der Waals surface area contributed by atoms with E-state index in [1.807, 2.05) is 0 Å². The molecule has 0 amide bonds. The van der Waals surface area contributed by atoms with E-state index in [0.29, 0.717) is 43.2 Å². The summed E-state index contributed by atoms with van der Waals surface area (Å²) in [5.74, 6) is 1.03. The Kier molecular flexibility index (Phi) is 4.20. The van der Waals surface area contributed by atoms with E-state index in [-0.39, 0.29) is 5.82 Å². The van der Waals surface area contributed by atoms with Crippen LogP contribution in [0.2, 0.25) is 0 Å². The van der Waals surface area contributed by atoms with Crippen LogP contribution in [0.4, 0.5) is 4.39 Å². The van der Waals surface area contributed by atoms with Crippen molar-refractivity contribution in [1.82, 2.24) is 0 Å². The van der Waals surface area contributed by atoms with Gasteiger partial charge in [0.15, 0.2) is 11.5 Å². The van der Waals surface area contributed by atoms with Crippen LogP contribution in [0.25, 0.3) is 0 Å². The lowest BCUT2D eigenvalue weighted by Crippen LogP contribution is -2.03. The molecule has 0 aliphatic carbocycles. The maximum absolute atomic E-state index is 13.8. The Bertz CT molecular complexity index is 382. The first-order valence-corrected chi connectivity index (χ1v) is 6.10. The molecule has 1 aromatic carbocycles. The number of fused-ring (bicyclic) bond motifs is 1. The molecule has 0 saturated carbocycles. The van der Waals surface area contributed by atoms with Crippen molar-refractivity contribution in [2.45, 2.75) is 25.7 Å². The molecule has 4 heteroatoms. The average Bonchev–Trinajstić information content (AvgIpc) is 2.57. The Morgan fingerprint density at radius 3 is 2.82 bits per heavy atom. The van der Waals surface area contributed by atoms with Crippen LogP contribution in [0.5, 0.6) is 11.5 Å². The predicted octanol–water partition coefficient (Wildman–Crippen LogP) is 2.27. The van der Waals surface area contributed by atoms with Crippen LogP contribution in [0.1, 0.15) is 24.8 Å². The zero-order chi connectivity index (χ0) is 12.1. The van der Waals surface area contributed by atoms with Crippen molar-refractivity contribution in [3.8, 4) is 11.5 Å². The Hall–Kier alpha value is -1.29. The number of rotatable bonds is 4. The fraction of sp³-hybridized carbons (Fsp3) is 0.538. The third-order valence-corrected chi connectivity index (χ3v) is 2.84. The largest absolute Gasteiger partial charge is 0.490 e. The molecule has 0 fully saturated rings. The predicted molar refractivity (Wildman–Crippen MR) is 64.0 cm³/mol. The molecular weight excluding hydrogens is 221 g/mol. The lowest BCUT2D eigenvalue weighted by atomic mass is 10.1. The summed E-state index contributed by atoms with van der Waals surface area (Å²) in [5, 5.41) is 0. The Balaban J connectivity index is 2.22. The number of unbranched alkanes of at least 4 members (excludes halogenated alkanes) is 1. The molecule has 0 atom stereocenters. The summed E-state index contributed by atoms with van der Waals surface area (Å²) >= 11 is 0. The summed E-state index contributed by atoms with van der Waals surface area (Å²) in [6.45, 7) is 1.84. The lowest BCUT2D eigenvalue weighted by Gasteiger charge is -2.13. The van der Waals surface area contributed by atoms with Gasteiger partial charge in [0.25, 0.3) is 0 Å². The molecule has 2 rings (SSSR count). The standard InChI is InChI=1S/C13H18FNO2/c14-11-5-6-12-13(17-9-3-8-16-12)10(11)4-1-2-7-15/h5-6H,1-4,7-9,15H2. The Morgan fingerprint density at radius 1 is 1.18 bits per heavy atom. The molecule has 1 heterocycles. The van der Waals surface area contributed by atoms with E-state index < -0.39 is 0 Å². The highest BCUT2D eigenvalue weighted by Gasteiger charge is 2.18. The average molecular weight is 239 g/mol. The Labute approximate surface area is 101 Å². The van der Waals surface area contributed by atoms with Crippen LogP contribution < -0.4 is 15.2 Å². The van der Waals surface area contributed by atoms with Crippen molar-refractivity contribution in [3.63, 3.8) is 0 Å². The van der Waals surface area contributed by atoms with Crippen molar-refractivity contribution in [1.29, 1.82) is 0 Å². The van der Waals surface area contributed by atoms with Crippen LogP contribution in [-0.2, 0) is 6.42 Å². The van der Waals surface area contributed by atoms with Crippen molar-refractivity contribution >= 4 is 0 Å². The van der Waals surface area contributed by atoms with Gasteiger partial charge in [0.2, 0.25) is 0 Å². The van der Waals surface area contributed by atoms with Gasteiger partial charge in [-0.25, -0.2) is 4.39 Å². The number of halogens is 1. The lowest BCUT2D eigenvalue weighted by molar-refractivity contribution is 0.295. The minimum Gasteiger partial charge on any atom is -0.490 e. The van der Waals surface area contributed by atoms with Crippen LogP contribution in [0.3, 0.4) is 0 Å². The van der Waals surface area contributed by atoms with Crippen molar-refractivity contribution in [3.05, 3.63) is 23.5 Å². The molecule has 2 N–H and O–H groups in total. The van der Waals surface area contributed by atoms with Gasteiger partial charge < -0.3 is 15.2 Å². The van der Waals surface area contributed by atoms with E-state index in [2.05, 4.69) is 0 Å². The van der Waals surface area contributed by atoms with E-state index in [1.165, 1.54) is 6.07 Å². The van der Waals surface area contributed by atoms with E-state index in [4.69, 9.17) is 15.2 Å². The zero-order valence-corrected chi connectivity index (χ0v) is 9.88. The number of hydrogen-bond acceptors (Lipinski definition) is 3. The van der Waals surface area contributed by atoms with Gasteiger partial charge in [-0.3, -0.25) is 0 Å². The molecule has 1 aliphatic heterocycles. The molecule has 0 radical (unpaired) electrons. The highest BCUT2D eigenvalue weighted by molar-refractivity contribution is 5.47. The monoisotopic (exact) mass is 239 g/mol. The fourth-order valence-electron chi connectivity index (χ4n) is 1.95. The SMILES string of the molecule is NCCCCc1c(F)ccc2c1OCCCO2. The van der Waals surface area contributed by atoms with Crippen LogP contribution >= 0.6 is 0 Å². The molecule has 94 valence electrons. The summed E-state index contributed by atoms with van der Waals surface area (Å²) in [7, 11) is 0. The maximum atomic E-state index is 13.8. The summed E-state index contributed by atoms with van der Waals surface area (Å²) in [5.41, 5.74) is 6.07. The van der Waals surface area contributed by atoms with Crippen molar-refractivity contribution in [2.75, 3.05) is 19.8 Å². The van der Waals surface area contributed by atoms with Gasteiger partial charge in [-0.15, -0.1) is 0 Å². The quantitative estimate of drug-likeness (QED) is 0.820. The third kappa shape index (κ3) is 2.88. The highest BCUT2D eigenvalue weighted by atomic mass is 19.1. The molecule has 3 nitrogen and oxygen atoms in total. The van der Waals surface area contributed by atoms with Gasteiger partial charge in [0.05, 0.1) is 13.2 Å². The van der Waals surface area contributed by atoms with Gasteiger partial charge in [-0.1, -0.05) is 0 Å². The smallest absolute Gasteiger partial charge is 0.167 e. The normalized spacial score (nSPS) is 14.5. The summed E-state index contributed by atoms with van der Waals surface area (Å²) in [4.78, 5) is 0. The first-order valence-electron chi connectivity index (χ1n) is 6.10. The number of hydrogen-bond donors (Lipinski definition) is 1. The molecule has 0 unspecified atom stereocenters. The van der Waals surface area contributed by atoms with Crippen molar-refractivity contribution < 1.29 is 13.9 Å². The highest BCUT2D eigenvalue weighted by Crippen LogP contribution is 2.35. The molecular formula is C13H18FNO2. The summed E-state index contributed by atoms with van der Waals surface area (Å²) in [6.07, 6.45) is 3.24. The molecule has 1 aliphatic rings. The van der Waals surface area contributed by atoms with Crippen molar-refractivity contribution in [2.24, 2.45) is 5.73 Å². The number of benzene rings is 1. The zero-order valence-electron chi connectivity index (χ0n) is 9.88. The molecule has 0 spiro atoms. The van der Waals surface area contributed by atoms with E-state index >= 15 is 0 Å². The van der Waals surface area contributed by atoms with E-state index in [0.717, 1.165) is 19.3 Å². The Morgan fingerprint density at radius 2 is 2.00 bits per heavy atom. The van der Waals surface area contributed by atoms with Gasteiger partial charge in [0, 0.05) is 12.0 Å². The second-order valence-electron chi connectivity index (χ2n) is 4.15. The number of ether oxygens (including phenoxy) is 2. The minimum atomic E-state index is -0.216. The topological polar surface area (TPSA) is 44.5 Å². The van der Waals surface area contributed by atoms with Crippen LogP contribution in [0, 0.1) is 5.82 Å². The van der Waals surface area contributed by atoms with E-state index in [9.17, 15) is 4.39 Å². The molecule has 1 aromatic rings. The second kappa shape index (κ2) is 5.87. The summed E-state index contributed by atoms with van der Waals surface area (Å²) in [6, 6.07) is 3.09. The van der Waals surface area contributed by atoms with Crippen LogP contribution in [0.15, 0.2) is 12.1 Å².